The fraction of sp³-hybridized carbons (Fsp3) is 0.278. The van der Waals surface area contributed by atoms with Crippen LogP contribution in [0.15, 0.2) is 49.1 Å². The number of hydrogen-bond donors (Lipinski definition) is 1. The van der Waals surface area contributed by atoms with E-state index in [4.69, 9.17) is 0 Å². The number of piperazine rings is 1. The summed E-state index contributed by atoms with van der Waals surface area (Å²) in [6.07, 6.45) is 5.12. The molecule has 26 heavy (non-hydrogen) atoms. The number of rotatable bonds is 4. The zero-order chi connectivity index (χ0) is 17.8. The molecular formula is C18H20N8. The van der Waals surface area contributed by atoms with E-state index >= 15 is 0 Å². The minimum absolute atomic E-state index is 0.829. The van der Waals surface area contributed by atoms with Crippen molar-refractivity contribution in [3.8, 4) is 11.3 Å². The Morgan fingerprint density at radius 1 is 0.846 bits per heavy atom. The van der Waals surface area contributed by atoms with Crippen LogP contribution < -0.4 is 15.1 Å². The smallest absolute Gasteiger partial charge is 0.151 e. The van der Waals surface area contributed by atoms with Crippen molar-refractivity contribution in [3.05, 3.63) is 49.1 Å². The van der Waals surface area contributed by atoms with Crippen molar-refractivity contribution in [1.82, 2.24) is 25.1 Å². The van der Waals surface area contributed by atoms with Crippen molar-refractivity contribution >= 4 is 17.5 Å². The molecular weight excluding hydrogens is 328 g/mol. The normalized spacial score (nSPS) is 14.3. The van der Waals surface area contributed by atoms with E-state index in [1.54, 1.807) is 18.7 Å². The first-order chi connectivity index (χ1) is 12.8. The van der Waals surface area contributed by atoms with Crippen molar-refractivity contribution in [2.24, 2.45) is 0 Å². The Hall–Kier alpha value is -3.29. The number of nitrogens with one attached hydrogen (secondary N) is 1. The van der Waals surface area contributed by atoms with Crippen LogP contribution in [0.5, 0.6) is 0 Å². The number of aromatic nitrogens is 5. The summed E-state index contributed by atoms with van der Waals surface area (Å²) in [5.41, 5.74) is 1.88. The third-order valence-corrected chi connectivity index (χ3v) is 4.46. The predicted octanol–water partition coefficient (Wildman–Crippen LogP) is 1.70. The quantitative estimate of drug-likeness (QED) is 0.763. The van der Waals surface area contributed by atoms with Crippen molar-refractivity contribution in [1.29, 1.82) is 0 Å². The summed E-state index contributed by atoms with van der Waals surface area (Å²) in [4.78, 5) is 17.1. The van der Waals surface area contributed by atoms with Gasteiger partial charge in [0, 0.05) is 57.3 Å². The van der Waals surface area contributed by atoms with Crippen LogP contribution in [-0.4, -0.2) is 58.4 Å². The molecule has 1 N–H and O–H groups in total. The summed E-state index contributed by atoms with van der Waals surface area (Å²) in [5, 5.41) is 11.8. The Labute approximate surface area is 152 Å². The largest absolute Gasteiger partial charge is 0.373 e. The molecule has 0 aromatic carbocycles. The Morgan fingerprint density at radius 3 is 2.23 bits per heavy atom. The Morgan fingerprint density at radius 2 is 1.58 bits per heavy atom. The minimum Gasteiger partial charge on any atom is -0.373 e. The summed E-state index contributed by atoms with van der Waals surface area (Å²) in [6.45, 7) is 3.52. The highest BCUT2D eigenvalue weighted by Crippen LogP contribution is 2.20. The second kappa shape index (κ2) is 7.30. The molecule has 0 saturated carbocycles. The first-order valence-corrected chi connectivity index (χ1v) is 8.57. The molecule has 0 radical (unpaired) electrons. The molecule has 132 valence electrons. The molecule has 0 spiro atoms. The second-order valence-corrected chi connectivity index (χ2v) is 6.00. The van der Waals surface area contributed by atoms with E-state index in [0.29, 0.717) is 0 Å². The monoisotopic (exact) mass is 348 g/mol. The molecule has 1 saturated heterocycles. The molecule has 4 heterocycles. The summed E-state index contributed by atoms with van der Waals surface area (Å²) >= 11 is 0. The third kappa shape index (κ3) is 3.39. The van der Waals surface area contributed by atoms with Gasteiger partial charge in [-0.3, -0.25) is 4.98 Å². The van der Waals surface area contributed by atoms with Crippen LogP contribution in [0, 0.1) is 0 Å². The summed E-state index contributed by atoms with van der Waals surface area (Å²) in [5.74, 6) is 2.68. The lowest BCUT2D eigenvalue weighted by molar-refractivity contribution is 0.638. The molecule has 4 rings (SSSR count). The van der Waals surface area contributed by atoms with Gasteiger partial charge in [-0.2, -0.15) is 0 Å². The summed E-state index contributed by atoms with van der Waals surface area (Å²) in [6, 6.07) is 9.88. The molecule has 0 bridgehead atoms. The van der Waals surface area contributed by atoms with E-state index in [2.05, 4.69) is 40.3 Å². The van der Waals surface area contributed by atoms with E-state index in [9.17, 15) is 0 Å². The van der Waals surface area contributed by atoms with Crippen molar-refractivity contribution in [3.63, 3.8) is 0 Å². The van der Waals surface area contributed by atoms with Gasteiger partial charge in [-0.1, -0.05) is 0 Å². The molecule has 0 unspecified atom stereocenters. The molecule has 8 heteroatoms. The van der Waals surface area contributed by atoms with E-state index in [1.807, 2.05) is 37.4 Å². The van der Waals surface area contributed by atoms with Gasteiger partial charge in [0.2, 0.25) is 0 Å². The zero-order valence-electron chi connectivity index (χ0n) is 14.6. The van der Waals surface area contributed by atoms with Gasteiger partial charge in [-0.15, -0.1) is 10.2 Å². The molecule has 1 aliphatic heterocycles. The highest BCUT2D eigenvalue weighted by atomic mass is 15.3. The lowest BCUT2D eigenvalue weighted by atomic mass is 10.2. The van der Waals surface area contributed by atoms with Gasteiger partial charge in [0.25, 0.3) is 0 Å². The number of nitrogens with zero attached hydrogens (tertiary/aromatic N) is 7. The Bertz CT molecular complexity index is 845. The van der Waals surface area contributed by atoms with Crippen LogP contribution in [-0.2, 0) is 0 Å². The first kappa shape index (κ1) is 16.2. The van der Waals surface area contributed by atoms with Gasteiger partial charge >= 0.3 is 0 Å². The van der Waals surface area contributed by atoms with E-state index in [0.717, 1.165) is 54.9 Å². The molecule has 8 nitrogen and oxygen atoms in total. The minimum atomic E-state index is 0.829. The molecule has 0 amide bonds. The van der Waals surface area contributed by atoms with Gasteiger partial charge in [-0.25, -0.2) is 9.97 Å². The molecule has 3 aromatic heterocycles. The van der Waals surface area contributed by atoms with Gasteiger partial charge in [0.05, 0.1) is 5.69 Å². The molecule has 0 aliphatic carbocycles. The van der Waals surface area contributed by atoms with Gasteiger partial charge in [0.1, 0.15) is 18.0 Å². The second-order valence-electron chi connectivity index (χ2n) is 6.00. The maximum absolute atomic E-state index is 4.41. The van der Waals surface area contributed by atoms with Crippen LogP contribution in [0.25, 0.3) is 11.3 Å². The summed E-state index contributed by atoms with van der Waals surface area (Å²) < 4.78 is 0. The van der Waals surface area contributed by atoms with Crippen molar-refractivity contribution < 1.29 is 0 Å². The summed E-state index contributed by atoms with van der Waals surface area (Å²) in [7, 11) is 1.86. The number of anilines is 3. The predicted molar refractivity (Wildman–Crippen MR) is 101 cm³/mol. The highest BCUT2D eigenvalue weighted by Gasteiger charge is 2.19. The average Bonchev–Trinajstić information content (AvgIpc) is 2.75. The standard InChI is InChI=1S/C18H20N8/c1-19-16-12-18(22-13-21-16)26-10-8-25(9-11-26)17-3-2-15(23-24-17)14-4-6-20-7-5-14/h2-7,12-13H,8-11H2,1H3,(H,19,21,22). The van der Waals surface area contributed by atoms with Crippen LogP contribution in [0.1, 0.15) is 0 Å². The molecule has 3 aromatic rings. The van der Waals surface area contributed by atoms with Crippen LogP contribution >= 0.6 is 0 Å². The zero-order valence-corrected chi connectivity index (χ0v) is 14.6. The first-order valence-electron chi connectivity index (χ1n) is 8.57. The molecule has 1 aliphatic rings. The lowest BCUT2D eigenvalue weighted by Gasteiger charge is -2.35. The third-order valence-electron chi connectivity index (χ3n) is 4.46. The van der Waals surface area contributed by atoms with Crippen LogP contribution in [0.4, 0.5) is 17.5 Å². The molecule has 0 atom stereocenters. The maximum Gasteiger partial charge on any atom is 0.151 e. The van der Waals surface area contributed by atoms with Crippen molar-refractivity contribution in [2.45, 2.75) is 0 Å². The fourth-order valence-corrected chi connectivity index (χ4v) is 2.99. The fourth-order valence-electron chi connectivity index (χ4n) is 2.99. The van der Waals surface area contributed by atoms with Gasteiger partial charge in [-0.05, 0) is 24.3 Å². The highest BCUT2D eigenvalue weighted by molar-refractivity contribution is 5.59. The van der Waals surface area contributed by atoms with Gasteiger partial charge in [0.15, 0.2) is 5.82 Å². The van der Waals surface area contributed by atoms with Crippen LogP contribution in [0.3, 0.4) is 0 Å². The van der Waals surface area contributed by atoms with Crippen LogP contribution in [0.2, 0.25) is 0 Å². The SMILES string of the molecule is CNc1cc(N2CCN(c3ccc(-c4ccncc4)nn3)CC2)ncn1. The lowest BCUT2D eigenvalue weighted by Crippen LogP contribution is -2.47. The number of hydrogen-bond acceptors (Lipinski definition) is 8. The topological polar surface area (TPSA) is 83.0 Å². The Balaban J connectivity index is 1.41. The molecule has 1 fully saturated rings. The maximum atomic E-state index is 4.41. The van der Waals surface area contributed by atoms with E-state index in [1.165, 1.54) is 0 Å². The van der Waals surface area contributed by atoms with Crippen molar-refractivity contribution in [2.75, 3.05) is 48.3 Å². The average molecular weight is 348 g/mol. The Kier molecular flexibility index (Phi) is 4.55. The van der Waals surface area contributed by atoms with E-state index in [-0.39, 0.29) is 0 Å². The van der Waals surface area contributed by atoms with Gasteiger partial charge < -0.3 is 15.1 Å². The number of pyridine rings is 1. The van der Waals surface area contributed by atoms with E-state index < -0.39 is 0 Å².